The molecular formula is C14H24N4. The van der Waals surface area contributed by atoms with Gasteiger partial charge in [-0.25, -0.2) is 0 Å². The van der Waals surface area contributed by atoms with Gasteiger partial charge in [-0.1, -0.05) is 13.8 Å². The summed E-state index contributed by atoms with van der Waals surface area (Å²) in [5, 5.41) is 8.87. The molecule has 0 spiro atoms. The molecule has 18 heavy (non-hydrogen) atoms. The SMILES string of the molecule is CCc1nnc(N2CCCC2C)c(CN)c1CC. The first kappa shape index (κ1) is 13.3. The van der Waals surface area contributed by atoms with Gasteiger partial charge in [0.25, 0.3) is 0 Å². The third-order valence-corrected chi connectivity index (χ3v) is 3.97. The van der Waals surface area contributed by atoms with Crippen LogP contribution in [0.2, 0.25) is 0 Å². The zero-order chi connectivity index (χ0) is 13.1. The first-order valence-corrected chi connectivity index (χ1v) is 7.06. The fraction of sp³-hybridized carbons (Fsp3) is 0.714. The molecule has 4 heteroatoms. The topological polar surface area (TPSA) is 55.0 Å². The van der Waals surface area contributed by atoms with E-state index in [0.717, 1.165) is 30.9 Å². The minimum absolute atomic E-state index is 0.557. The summed E-state index contributed by atoms with van der Waals surface area (Å²) < 4.78 is 0. The van der Waals surface area contributed by atoms with Crippen LogP contribution in [-0.2, 0) is 19.4 Å². The van der Waals surface area contributed by atoms with E-state index < -0.39 is 0 Å². The van der Waals surface area contributed by atoms with Gasteiger partial charge in [-0.2, -0.15) is 5.10 Å². The van der Waals surface area contributed by atoms with Crippen molar-refractivity contribution in [3.05, 3.63) is 16.8 Å². The van der Waals surface area contributed by atoms with Crippen LogP contribution in [0.15, 0.2) is 0 Å². The molecule has 1 aliphatic heterocycles. The van der Waals surface area contributed by atoms with E-state index in [9.17, 15) is 0 Å². The number of nitrogens with two attached hydrogens (primary N) is 1. The second-order valence-corrected chi connectivity index (χ2v) is 5.02. The summed E-state index contributed by atoms with van der Waals surface area (Å²) in [4.78, 5) is 2.37. The third-order valence-electron chi connectivity index (χ3n) is 3.97. The Morgan fingerprint density at radius 2 is 2.00 bits per heavy atom. The molecule has 0 bridgehead atoms. The molecule has 1 aliphatic rings. The molecule has 0 saturated carbocycles. The van der Waals surface area contributed by atoms with E-state index in [1.54, 1.807) is 0 Å². The largest absolute Gasteiger partial charge is 0.352 e. The minimum Gasteiger partial charge on any atom is -0.352 e. The molecule has 1 aromatic heterocycles. The van der Waals surface area contributed by atoms with Gasteiger partial charge >= 0.3 is 0 Å². The van der Waals surface area contributed by atoms with E-state index in [1.807, 2.05) is 0 Å². The van der Waals surface area contributed by atoms with Crippen LogP contribution in [0.1, 0.15) is 50.4 Å². The van der Waals surface area contributed by atoms with E-state index in [1.165, 1.54) is 24.0 Å². The Morgan fingerprint density at radius 3 is 2.50 bits per heavy atom. The Kier molecular flexibility index (Phi) is 4.17. The fourth-order valence-electron chi connectivity index (χ4n) is 2.93. The quantitative estimate of drug-likeness (QED) is 0.886. The van der Waals surface area contributed by atoms with Crippen molar-refractivity contribution in [2.75, 3.05) is 11.4 Å². The molecule has 100 valence electrons. The number of rotatable bonds is 4. The highest BCUT2D eigenvalue weighted by atomic mass is 15.3. The summed E-state index contributed by atoms with van der Waals surface area (Å²) in [5.74, 6) is 1.02. The van der Waals surface area contributed by atoms with Crippen LogP contribution in [0.5, 0.6) is 0 Å². The molecule has 2 N–H and O–H groups in total. The molecule has 0 aromatic carbocycles. The van der Waals surface area contributed by atoms with Gasteiger partial charge in [-0.15, -0.1) is 5.10 Å². The van der Waals surface area contributed by atoms with Crippen LogP contribution in [-0.4, -0.2) is 22.8 Å². The molecule has 1 atom stereocenters. The van der Waals surface area contributed by atoms with Crippen LogP contribution in [0.3, 0.4) is 0 Å². The molecule has 0 amide bonds. The monoisotopic (exact) mass is 248 g/mol. The lowest BCUT2D eigenvalue weighted by Crippen LogP contribution is -2.30. The van der Waals surface area contributed by atoms with Crippen LogP contribution in [0.4, 0.5) is 5.82 Å². The lowest BCUT2D eigenvalue weighted by Gasteiger charge is -2.26. The number of nitrogens with zero attached hydrogens (tertiary/aromatic N) is 3. The molecule has 0 radical (unpaired) electrons. The molecule has 1 aromatic rings. The maximum atomic E-state index is 5.97. The number of aromatic nitrogens is 2. The molecular weight excluding hydrogens is 224 g/mol. The summed E-state index contributed by atoms with van der Waals surface area (Å²) in [7, 11) is 0. The molecule has 1 unspecified atom stereocenters. The lowest BCUT2D eigenvalue weighted by molar-refractivity contribution is 0.707. The molecule has 2 rings (SSSR count). The Labute approximate surface area is 110 Å². The van der Waals surface area contributed by atoms with Crippen LogP contribution in [0.25, 0.3) is 0 Å². The maximum Gasteiger partial charge on any atom is 0.156 e. The molecule has 0 aliphatic carbocycles. The number of aryl methyl sites for hydroxylation is 1. The van der Waals surface area contributed by atoms with Crippen molar-refractivity contribution in [2.24, 2.45) is 5.73 Å². The van der Waals surface area contributed by atoms with Crippen molar-refractivity contribution >= 4 is 5.82 Å². The molecule has 1 fully saturated rings. The van der Waals surface area contributed by atoms with Gasteiger partial charge in [0.15, 0.2) is 5.82 Å². The summed E-state index contributed by atoms with van der Waals surface area (Å²) in [6, 6.07) is 0.557. The van der Waals surface area contributed by atoms with Gasteiger partial charge in [0.1, 0.15) is 0 Å². The maximum absolute atomic E-state index is 5.97. The number of hydrogen-bond donors (Lipinski definition) is 1. The molecule has 4 nitrogen and oxygen atoms in total. The second-order valence-electron chi connectivity index (χ2n) is 5.02. The smallest absolute Gasteiger partial charge is 0.156 e. The first-order valence-electron chi connectivity index (χ1n) is 7.06. The molecule has 2 heterocycles. The average molecular weight is 248 g/mol. The predicted molar refractivity (Wildman–Crippen MR) is 74.7 cm³/mol. The number of hydrogen-bond acceptors (Lipinski definition) is 4. The van der Waals surface area contributed by atoms with Crippen LogP contribution < -0.4 is 10.6 Å². The van der Waals surface area contributed by atoms with Crippen molar-refractivity contribution in [1.29, 1.82) is 0 Å². The average Bonchev–Trinajstić information content (AvgIpc) is 2.82. The van der Waals surface area contributed by atoms with Crippen molar-refractivity contribution in [1.82, 2.24) is 10.2 Å². The Hall–Kier alpha value is -1.16. The highest BCUT2D eigenvalue weighted by molar-refractivity contribution is 5.52. The van der Waals surface area contributed by atoms with Crippen LogP contribution in [0, 0.1) is 0 Å². The van der Waals surface area contributed by atoms with Gasteiger partial charge in [0.2, 0.25) is 0 Å². The van der Waals surface area contributed by atoms with E-state index in [0.29, 0.717) is 12.6 Å². The van der Waals surface area contributed by atoms with Crippen molar-refractivity contribution in [3.63, 3.8) is 0 Å². The highest BCUT2D eigenvalue weighted by Crippen LogP contribution is 2.29. The first-order chi connectivity index (χ1) is 8.72. The predicted octanol–water partition coefficient (Wildman–Crippen LogP) is 2.05. The van der Waals surface area contributed by atoms with E-state index in [-0.39, 0.29) is 0 Å². The summed E-state index contributed by atoms with van der Waals surface area (Å²) in [6.45, 7) is 8.20. The van der Waals surface area contributed by atoms with E-state index >= 15 is 0 Å². The highest BCUT2D eigenvalue weighted by Gasteiger charge is 2.25. The van der Waals surface area contributed by atoms with Gasteiger partial charge < -0.3 is 10.6 Å². The van der Waals surface area contributed by atoms with Gasteiger partial charge in [0.05, 0.1) is 5.69 Å². The van der Waals surface area contributed by atoms with Gasteiger partial charge in [0, 0.05) is 24.7 Å². The van der Waals surface area contributed by atoms with Crippen LogP contribution >= 0.6 is 0 Å². The Morgan fingerprint density at radius 1 is 1.22 bits per heavy atom. The number of anilines is 1. The van der Waals surface area contributed by atoms with Gasteiger partial charge in [-0.3, -0.25) is 0 Å². The normalized spacial score (nSPS) is 19.6. The van der Waals surface area contributed by atoms with E-state index in [2.05, 4.69) is 35.9 Å². The standard InChI is InChI=1S/C14H24N4/c1-4-11-12(9-15)14(17-16-13(11)5-2)18-8-6-7-10(18)3/h10H,4-9,15H2,1-3H3. The molecule has 1 saturated heterocycles. The van der Waals surface area contributed by atoms with Crippen molar-refractivity contribution < 1.29 is 0 Å². The Bertz CT molecular complexity index is 417. The lowest BCUT2D eigenvalue weighted by atomic mass is 10.0. The van der Waals surface area contributed by atoms with Crippen molar-refractivity contribution in [3.8, 4) is 0 Å². The fourth-order valence-corrected chi connectivity index (χ4v) is 2.93. The second kappa shape index (κ2) is 5.65. The minimum atomic E-state index is 0.557. The summed E-state index contributed by atoms with van der Waals surface area (Å²) in [5.41, 5.74) is 9.59. The zero-order valence-electron chi connectivity index (χ0n) is 11.7. The van der Waals surface area contributed by atoms with E-state index in [4.69, 9.17) is 5.73 Å². The Balaban J connectivity index is 2.47. The van der Waals surface area contributed by atoms with Gasteiger partial charge in [-0.05, 0) is 38.2 Å². The summed E-state index contributed by atoms with van der Waals surface area (Å²) in [6.07, 6.45) is 4.39. The zero-order valence-corrected chi connectivity index (χ0v) is 11.7. The third kappa shape index (κ3) is 2.21. The summed E-state index contributed by atoms with van der Waals surface area (Å²) >= 11 is 0. The van der Waals surface area contributed by atoms with Crippen molar-refractivity contribution in [2.45, 2.75) is 59.0 Å².